The highest BCUT2D eigenvalue weighted by molar-refractivity contribution is 5.67. The van der Waals surface area contributed by atoms with Gasteiger partial charge in [0.25, 0.3) is 0 Å². The Hall–Kier alpha value is -2.16. The number of hydrogen-bond acceptors (Lipinski definition) is 2. The molecule has 0 unspecified atom stereocenters. The van der Waals surface area contributed by atoms with E-state index in [1.54, 1.807) is 10.8 Å². The molecule has 0 bridgehead atoms. The highest BCUT2D eigenvalue weighted by Crippen LogP contribution is 2.24. The van der Waals surface area contributed by atoms with E-state index >= 15 is 0 Å². The number of fused-ring (bicyclic) bond motifs is 1. The average Bonchev–Trinajstić information content (AvgIpc) is 2.86. The lowest BCUT2D eigenvalue weighted by molar-refractivity contribution is 0.867. The Bertz CT molecular complexity index is 683. The second-order valence-electron chi connectivity index (χ2n) is 4.76. The van der Waals surface area contributed by atoms with Crippen LogP contribution in [0.2, 0.25) is 0 Å². The lowest BCUT2D eigenvalue weighted by atomic mass is 9.98. The van der Waals surface area contributed by atoms with Crippen LogP contribution in [0, 0.1) is 0 Å². The number of rotatable bonds is 2. The quantitative estimate of drug-likeness (QED) is 0.682. The van der Waals surface area contributed by atoms with Crippen molar-refractivity contribution in [3.8, 4) is 11.1 Å². The lowest BCUT2D eigenvalue weighted by Gasteiger charge is -2.08. The summed E-state index contributed by atoms with van der Waals surface area (Å²) in [5.74, 6) is 0.543. The summed E-state index contributed by atoms with van der Waals surface area (Å²) in [6.07, 6.45) is 3.52. The van der Waals surface area contributed by atoms with Gasteiger partial charge in [-0.1, -0.05) is 38.1 Å². The van der Waals surface area contributed by atoms with Gasteiger partial charge in [0.05, 0.1) is 0 Å². The molecule has 1 aromatic carbocycles. The van der Waals surface area contributed by atoms with E-state index in [1.165, 1.54) is 16.7 Å². The summed E-state index contributed by atoms with van der Waals surface area (Å²) >= 11 is 0. The van der Waals surface area contributed by atoms with Gasteiger partial charge in [-0.25, -0.2) is 9.50 Å². The van der Waals surface area contributed by atoms with Crippen molar-refractivity contribution >= 4 is 5.65 Å². The molecule has 0 N–H and O–H groups in total. The summed E-state index contributed by atoms with van der Waals surface area (Å²) in [6, 6.07) is 12.8. The second-order valence-corrected chi connectivity index (χ2v) is 4.76. The van der Waals surface area contributed by atoms with Gasteiger partial charge in [-0.3, -0.25) is 0 Å². The van der Waals surface area contributed by atoms with Crippen molar-refractivity contribution in [2.24, 2.45) is 0 Å². The summed E-state index contributed by atoms with van der Waals surface area (Å²) in [5, 5.41) is 4.10. The first-order valence-electron chi connectivity index (χ1n) is 6.14. The van der Waals surface area contributed by atoms with E-state index in [2.05, 4.69) is 60.3 Å². The maximum atomic E-state index is 4.21. The van der Waals surface area contributed by atoms with Crippen LogP contribution in [0.4, 0.5) is 0 Å². The van der Waals surface area contributed by atoms with Gasteiger partial charge in [-0.05, 0) is 34.7 Å². The summed E-state index contributed by atoms with van der Waals surface area (Å²) in [4.78, 5) is 4.21. The van der Waals surface area contributed by atoms with Crippen LogP contribution in [-0.4, -0.2) is 14.6 Å². The maximum Gasteiger partial charge on any atom is 0.155 e. The van der Waals surface area contributed by atoms with E-state index in [-0.39, 0.29) is 0 Å². The van der Waals surface area contributed by atoms with Crippen molar-refractivity contribution in [3.05, 3.63) is 54.5 Å². The normalized spacial score (nSPS) is 11.3. The Morgan fingerprint density at radius 2 is 1.89 bits per heavy atom. The van der Waals surface area contributed by atoms with E-state index in [0.29, 0.717) is 5.92 Å². The fraction of sp³-hybridized carbons (Fsp3) is 0.200. The molecule has 3 heteroatoms. The van der Waals surface area contributed by atoms with E-state index < -0.39 is 0 Å². The van der Waals surface area contributed by atoms with E-state index in [4.69, 9.17) is 0 Å². The zero-order valence-electron chi connectivity index (χ0n) is 10.5. The van der Waals surface area contributed by atoms with E-state index in [0.717, 1.165) is 5.65 Å². The first kappa shape index (κ1) is 11.0. The molecule has 0 aliphatic carbocycles. The molecule has 0 saturated carbocycles. The minimum Gasteiger partial charge on any atom is -0.221 e. The maximum absolute atomic E-state index is 4.21. The van der Waals surface area contributed by atoms with Gasteiger partial charge >= 0.3 is 0 Å². The number of hydrogen-bond donors (Lipinski definition) is 0. The molecule has 2 heterocycles. The van der Waals surface area contributed by atoms with Crippen molar-refractivity contribution in [1.29, 1.82) is 0 Å². The van der Waals surface area contributed by atoms with Crippen molar-refractivity contribution in [3.63, 3.8) is 0 Å². The van der Waals surface area contributed by atoms with E-state index in [9.17, 15) is 0 Å². The number of pyridine rings is 1. The van der Waals surface area contributed by atoms with Crippen LogP contribution in [0.25, 0.3) is 16.8 Å². The molecule has 0 aliphatic rings. The topological polar surface area (TPSA) is 30.2 Å². The van der Waals surface area contributed by atoms with Crippen LogP contribution in [0.5, 0.6) is 0 Å². The second kappa shape index (κ2) is 4.26. The van der Waals surface area contributed by atoms with Gasteiger partial charge in [0.15, 0.2) is 5.65 Å². The molecular formula is C15H15N3. The van der Waals surface area contributed by atoms with Gasteiger partial charge in [0, 0.05) is 6.20 Å². The summed E-state index contributed by atoms with van der Waals surface area (Å²) < 4.78 is 1.77. The first-order chi connectivity index (χ1) is 8.74. The molecule has 3 nitrogen and oxygen atoms in total. The summed E-state index contributed by atoms with van der Waals surface area (Å²) in [6.45, 7) is 4.42. The monoisotopic (exact) mass is 237 g/mol. The fourth-order valence-corrected chi connectivity index (χ4v) is 2.07. The molecule has 0 amide bonds. The Labute approximate surface area is 106 Å². The predicted molar refractivity (Wildman–Crippen MR) is 72.5 cm³/mol. The van der Waals surface area contributed by atoms with Crippen LogP contribution >= 0.6 is 0 Å². The Morgan fingerprint density at radius 1 is 1.06 bits per heavy atom. The molecule has 2 aromatic heterocycles. The van der Waals surface area contributed by atoms with Crippen LogP contribution in [-0.2, 0) is 0 Å². The molecule has 0 fully saturated rings. The average molecular weight is 237 g/mol. The standard InChI is InChI=1S/C15H15N3/c1-11(2)12-4-3-5-13(8-12)14-6-7-18-15(9-14)16-10-17-18/h3-11H,1-2H3. The van der Waals surface area contributed by atoms with Crippen LogP contribution in [0.15, 0.2) is 48.9 Å². The third-order valence-corrected chi connectivity index (χ3v) is 3.17. The molecule has 0 aliphatic heterocycles. The van der Waals surface area contributed by atoms with Crippen molar-refractivity contribution in [1.82, 2.24) is 14.6 Å². The van der Waals surface area contributed by atoms with Crippen LogP contribution in [0.1, 0.15) is 25.3 Å². The van der Waals surface area contributed by atoms with Crippen molar-refractivity contribution in [2.75, 3.05) is 0 Å². The third kappa shape index (κ3) is 1.88. The molecule has 90 valence electrons. The Morgan fingerprint density at radius 3 is 2.72 bits per heavy atom. The lowest BCUT2D eigenvalue weighted by Crippen LogP contribution is -1.90. The minimum absolute atomic E-state index is 0.543. The largest absolute Gasteiger partial charge is 0.221 e. The fourth-order valence-electron chi connectivity index (χ4n) is 2.07. The van der Waals surface area contributed by atoms with Crippen LogP contribution < -0.4 is 0 Å². The SMILES string of the molecule is CC(C)c1cccc(-c2ccn3ncnc3c2)c1. The smallest absolute Gasteiger partial charge is 0.155 e. The van der Waals surface area contributed by atoms with Gasteiger partial charge in [-0.2, -0.15) is 5.10 Å². The van der Waals surface area contributed by atoms with Crippen molar-refractivity contribution < 1.29 is 0 Å². The predicted octanol–water partition coefficient (Wildman–Crippen LogP) is 3.52. The van der Waals surface area contributed by atoms with Crippen molar-refractivity contribution in [2.45, 2.75) is 19.8 Å². The number of benzene rings is 1. The van der Waals surface area contributed by atoms with Gasteiger partial charge in [-0.15, -0.1) is 0 Å². The van der Waals surface area contributed by atoms with Gasteiger partial charge in [0.2, 0.25) is 0 Å². The Balaban J connectivity index is 2.10. The molecular weight excluding hydrogens is 222 g/mol. The molecule has 0 radical (unpaired) electrons. The highest BCUT2D eigenvalue weighted by Gasteiger charge is 2.04. The molecule has 0 saturated heterocycles. The molecule has 3 aromatic rings. The van der Waals surface area contributed by atoms with Gasteiger partial charge < -0.3 is 0 Å². The number of nitrogens with zero attached hydrogens (tertiary/aromatic N) is 3. The van der Waals surface area contributed by atoms with Gasteiger partial charge in [0.1, 0.15) is 6.33 Å². The first-order valence-corrected chi connectivity index (χ1v) is 6.14. The van der Waals surface area contributed by atoms with E-state index in [1.807, 2.05) is 6.20 Å². The molecule has 0 atom stereocenters. The molecule has 0 spiro atoms. The zero-order chi connectivity index (χ0) is 12.5. The summed E-state index contributed by atoms with van der Waals surface area (Å²) in [7, 11) is 0. The highest BCUT2D eigenvalue weighted by atomic mass is 15.3. The zero-order valence-corrected chi connectivity index (χ0v) is 10.5. The minimum atomic E-state index is 0.543. The molecule has 18 heavy (non-hydrogen) atoms. The summed E-state index contributed by atoms with van der Waals surface area (Å²) in [5.41, 5.74) is 4.64. The third-order valence-electron chi connectivity index (χ3n) is 3.17. The van der Waals surface area contributed by atoms with Crippen LogP contribution in [0.3, 0.4) is 0 Å². The Kier molecular flexibility index (Phi) is 2.59. The number of aromatic nitrogens is 3. The molecule has 3 rings (SSSR count).